The summed E-state index contributed by atoms with van der Waals surface area (Å²) in [5, 5.41) is 11.0. The molecule has 1 N–H and O–H groups in total. The average Bonchev–Trinajstić information content (AvgIpc) is 3.24. The number of carbonyl (C=O) groups is 1. The maximum absolute atomic E-state index is 13.9. The van der Waals surface area contributed by atoms with Crippen LogP contribution in [0.5, 0.6) is 11.5 Å². The highest BCUT2D eigenvalue weighted by molar-refractivity contribution is 6.07. The Kier molecular flexibility index (Phi) is 6.37. The van der Waals surface area contributed by atoms with E-state index in [1.54, 1.807) is 12.1 Å². The van der Waals surface area contributed by atoms with Crippen molar-refractivity contribution in [2.45, 2.75) is 19.1 Å². The van der Waals surface area contributed by atoms with Crippen LogP contribution in [-0.2, 0) is 17.9 Å². The lowest BCUT2D eigenvalue weighted by Crippen LogP contribution is -2.28. The topological polar surface area (TPSA) is 49.8 Å². The van der Waals surface area contributed by atoms with Crippen molar-refractivity contribution < 1.29 is 14.6 Å². The van der Waals surface area contributed by atoms with Crippen molar-refractivity contribution >= 4 is 11.6 Å². The fourth-order valence-electron chi connectivity index (χ4n) is 5.17. The molecular weight excluding hydrogens is 470 g/mol. The molecule has 186 valence electrons. The monoisotopic (exact) mass is 497 g/mol. The molecular formula is C34H27NO3. The first-order chi connectivity index (χ1) is 18.7. The number of aromatic hydroxyl groups is 1. The standard InChI is InChI=1S/C34H27NO3/c36-32-21-27(38-23-24-11-3-1-4-12-24)19-20-30(32)33-29-17-9-10-18-31(29)35(34(33)37)22-26-15-7-8-16-28(26)25-13-5-2-6-14-25/h1-21,33,36H,22-23H2. The molecule has 0 aromatic heterocycles. The third-order valence-electron chi connectivity index (χ3n) is 7.04. The fraction of sp³-hybridized carbons (Fsp3) is 0.0882. The van der Waals surface area contributed by atoms with Crippen LogP contribution in [0.4, 0.5) is 5.69 Å². The molecule has 1 unspecified atom stereocenters. The van der Waals surface area contributed by atoms with Gasteiger partial charge in [0, 0.05) is 17.3 Å². The van der Waals surface area contributed by atoms with E-state index in [2.05, 4.69) is 24.3 Å². The number of nitrogens with zero attached hydrogens (tertiary/aromatic N) is 1. The van der Waals surface area contributed by atoms with Crippen LogP contribution >= 0.6 is 0 Å². The van der Waals surface area contributed by atoms with Crippen LogP contribution in [0.25, 0.3) is 11.1 Å². The van der Waals surface area contributed by atoms with Crippen molar-refractivity contribution in [1.82, 2.24) is 0 Å². The second kappa shape index (κ2) is 10.3. The Hall–Kier alpha value is -4.83. The minimum absolute atomic E-state index is 0.0512. The summed E-state index contributed by atoms with van der Waals surface area (Å²) in [6.07, 6.45) is 0. The molecule has 1 aliphatic rings. The number of anilines is 1. The number of benzene rings is 5. The summed E-state index contributed by atoms with van der Waals surface area (Å²) in [5.41, 5.74) is 6.66. The van der Waals surface area contributed by atoms with Gasteiger partial charge in [0.05, 0.1) is 12.5 Å². The molecule has 0 saturated heterocycles. The number of hydrogen-bond acceptors (Lipinski definition) is 3. The van der Waals surface area contributed by atoms with Gasteiger partial charge in [-0.25, -0.2) is 0 Å². The molecule has 0 bridgehead atoms. The molecule has 0 radical (unpaired) electrons. The van der Waals surface area contributed by atoms with Gasteiger partial charge in [0.25, 0.3) is 0 Å². The van der Waals surface area contributed by atoms with E-state index < -0.39 is 5.92 Å². The summed E-state index contributed by atoms with van der Waals surface area (Å²) in [6, 6.07) is 41.3. The average molecular weight is 498 g/mol. The highest BCUT2D eigenvalue weighted by Gasteiger charge is 2.39. The van der Waals surface area contributed by atoms with Crippen molar-refractivity contribution in [2.24, 2.45) is 0 Å². The predicted octanol–water partition coefficient (Wildman–Crippen LogP) is 7.32. The third kappa shape index (κ3) is 4.53. The second-order valence-corrected chi connectivity index (χ2v) is 9.43. The van der Waals surface area contributed by atoms with Gasteiger partial charge in [-0.05, 0) is 39.9 Å². The first-order valence-electron chi connectivity index (χ1n) is 12.7. The number of amides is 1. The summed E-state index contributed by atoms with van der Waals surface area (Å²) < 4.78 is 5.89. The zero-order valence-corrected chi connectivity index (χ0v) is 20.8. The van der Waals surface area contributed by atoms with Crippen molar-refractivity contribution in [3.63, 3.8) is 0 Å². The number of phenols is 1. The van der Waals surface area contributed by atoms with Gasteiger partial charge in [-0.3, -0.25) is 4.79 Å². The first kappa shape index (κ1) is 23.6. The Morgan fingerprint density at radius 2 is 1.39 bits per heavy atom. The predicted molar refractivity (Wildman–Crippen MR) is 150 cm³/mol. The number of hydrogen-bond donors (Lipinski definition) is 1. The van der Waals surface area contributed by atoms with E-state index in [1.807, 2.05) is 95.9 Å². The van der Waals surface area contributed by atoms with Crippen LogP contribution in [0.15, 0.2) is 127 Å². The van der Waals surface area contributed by atoms with Crippen LogP contribution in [0.2, 0.25) is 0 Å². The van der Waals surface area contributed by atoms with Gasteiger partial charge in [0.1, 0.15) is 18.1 Å². The van der Waals surface area contributed by atoms with Gasteiger partial charge in [0.2, 0.25) is 5.91 Å². The lowest BCUT2D eigenvalue weighted by Gasteiger charge is -2.21. The van der Waals surface area contributed by atoms with Gasteiger partial charge in [0.15, 0.2) is 0 Å². The van der Waals surface area contributed by atoms with E-state index in [4.69, 9.17) is 4.74 Å². The summed E-state index contributed by atoms with van der Waals surface area (Å²) >= 11 is 0. The number of phenolic OH excluding ortho intramolecular Hbond substituents is 1. The molecule has 1 heterocycles. The highest BCUT2D eigenvalue weighted by atomic mass is 16.5. The fourth-order valence-corrected chi connectivity index (χ4v) is 5.17. The van der Waals surface area contributed by atoms with Crippen molar-refractivity contribution in [3.8, 4) is 22.6 Å². The van der Waals surface area contributed by atoms with Gasteiger partial charge >= 0.3 is 0 Å². The van der Waals surface area contributed by atoms with Gasteiger partial charge in [-0.1, -0.05) is 109 Å². The molecule has 1 aliphatic heterocycles. The number of fused-ring (bicyclic) bond motifs is 1. The molecule has 6 rings (SSSR count). The quantitative estimate of drug-likeness (QED) is 0.256. The summed E-state index contributed by atoms with van der Waals surface area (Å²) in [5.74, 6) is -0.0293. The minimum Gasteiger partial charge on any atom is -0.507 e. The summed E-state index contributed by atoms with van der Waals surface area (Å²) in [4.78, 5) is 15.8. The molecule has 5 aromatic carbocycles. The molecule has 1 amide bonds. The Morgan fingerprint density at radius 1 is 0.711 bits per heavy atom. The number of rotatable bonds is 7. The number of para-hydroxylation sites is 1. The van der Waals surface area contributed by atoms with E-state index >= 15 is 0 Å². The van der Waals surface area contributed by atoms with E-state index in [1.165, 1.54) is 0 Å². The lowest BCUT2D eigenvalue weighted by molar-refractivity contribution is -0.118. The zero-order chi connectivity index (χ0) is 25.9. The van der Waals surface area contributed by atoms with Crippen LogP contribution in [0.3, 0.4) is 0 Å². The van der Waals surface area contributed by atoms with Crippen LogP contribution in [-0.4, -0.2) is 11.0 Å². The summed E-state index contributed by atoms with van der Waals surface area (Å²) in [7, 11) is 0. The third-order valence-corrected chi connectivity index (χ3v) is 7.04. The minimum atomic E-state index is -0.585. The molecule has 4 nitrogen and oxygen atoms in total. The molecule has 0 saturated carbocycles. The smallest absolute Gasteiger partial charge is 0.239 e. The van der Waals surface area contributed by atoms with Crippen molar-refractivity contribution in [1.29, 1.82) is 0 Å². The molecule has 0 aliphatic carbocycles. The summed E-state index contributed by atoms with van der Waals surface area (Å²) in [6.45, 7) is 0.843. The Labute approximate surface area is 222 Å². The van der Waals surface area contributed by atoms with Crippen LogP contribution < -0.4 is 9.64 Å². The molecule has 5 aromatic rings. The Bertz CT molecular complexity index is 1580. The molecule has 4 heteroatoms. The van der Waals surface area contributed by atoms with E-state index in [-0.39, 0.29) is 11.7 Å². The van der Waals surface area contributed by atoms with Gasteiger partial charge in [-0.15, -0.1) is 0 Å². The SMILES string of the molecule is O=C1C(c2ccc(OCc3ccccc3)cc2O)c2ccccc2N1Cc1ccccc1-c1ccccc1. The van der Waals surface area contributed by atoms with Crippen molar-refractivity contribution in [3.05, 3.63) is 150 Å². The molecule has 0 spiro atoms. The second-order valence-electron chi connectivity index (χ2n) is 9.43. The largest absolute Gasteiger partial charge is 0.507 e. The normalized spacial score (nSPS) is 14.4. The van der Waals surface area contributed by atoms with Gasteiger partial charge in [-0.2, -0.15) is 0 Å². The van der Waals surface area contributed by atoms with Gasteiger partial charge < -0.3 is 14.7 Å². The van der Waals surface area contributed by atoms with Crippen LogP contribution in [0, 0.1) is 0 Å². The highest BCUT2D eigenvalue weighted by Crippen LogP contribution is 2.45. The van der Waals surface area contributed by atoms with Crippen LogP contribution in [0.1, 0.15) is 28.2 Å². The Balaban J connectivity index is 1.30. The lowest BCUT2D eigenvalue weighted by atomic mass is 9.92. The maximum Gasteiger partial charge on any atom is 0.239 e. The number of ether oxygens (including phenoxy) is 1. The molecule has 38 heavy (non-hydrogen) atoms. The molecule has 0 fully saturated rings. The van der Waals surface area contributed by atoms with E-state index in [0.717, 1.165) is 33.5 Å². The zero-order valence-electron chi connectivity index (χ0n) is 20.8. The Morgan fingerprint density at radius 3 is 2.18 bits per heavy atom. The first-order valence-corrected chi connectivity index (χ1v) is 12.7. The van der Waals surface area contributed by atoms with Crippen molar-refractivity contribution in [2.75, 3.05) is 4.90 Å². The number of carbonyl (C=O) groups excluding carboxylic acids is 1. The van der Waals surface area contributed by atoms with E-state index in [9.17, 15) is 9.90 Å². The maximum atomic E-state index is 13.9. The van der Waals surface area contributed by atoms with E-state index in [0.29, 0.717) is 24.5 Å². The molecule has 1 atom stereocenters.